The van der Waals surface area contributed by atoms with Gasteiger partial charge in [0.15, 0.2) is 0 Å². The molecule has 2 rings (SSSR count). The summed E-state index contributed by atoms with van der Waals surface area (Å²) in [6, 6.07) is 8.03. The van der Waals surface area contributed by atoms with E-state index >= 15 is 0 Å². The Kier molecular flexibility index (Phi) is 6.68. The number of rotatable bonds is 7. The summed E-state index contributed by atoms with van der Waals surface area (Å²) in [5, 5.41) is 3.26. The van der Waals surface area contributed by atoms with Crippen LogP contribution in [-0.2, 0) is 4.79 Å². The molecule has 1 aliphatic heterocycles. The van der Waals surface area contributed by atoms with Gasteiger partial charge in [-0.3, -0.25) is 4.79 Å². The Morgan fingerprint density at radius 1 is 1.27 bits per heavy atom. The van der Waals surface area contributed by atoms with Crippen LogP contribution in [0, 0.1) is 6.92 Å². The molecule has 1 fully saturated rings. The van der Waals surface area contributed by atoms with Gasteiger partial charge in [-0.1, -0.05) is 18.2 Å². The first-order valence-electron chi connectivity index (χ1n) is 8.02. The van der Waals surface area contributed by atoms with Crippen molar-refractivity contribution in [2.75, 3.05) is 52.9 Å². The minimum absolute atomic E-state index is 0.258. The maximum atomic E-state index is 12.1. The van der Waals surface area contributed by atoms with Crippen LogP contribution in [0.25, 0.3) is 0 Å². The molecule has 0 saturated carbocycles. The Hall–Kier alpha value is -1.59. The molecule has 0 aliphatic carbocycles. The number of nitrogens with one attached hydrogen (secondary N) is 1. The van der Waals surface area contributed by atoms with Crippen molar-refractivity contribution in [3.8, 4) is 5.75 Å². The molecule has 122 valence electrons. The van der Waals surface area contributed by atoms with Crippen molar-refractivity contribution in [3.63, 3.8) is 0 Å². The van der Waals surface area contributed by atoms with Gasteiger partial charge in [0, 0.05) is 45.7 Å². The second-order valence-electron chi connectivity index (χ2n) is 5.80. The number of hydrogen-bond donors (Lipinski definition) is 1. The van der Waals surface area contributed by atoms with Gasteiger partial charge in [0.25, 0.3) is 0 Å². The van der Waals surface area contributed by atoms with Gasteiger partial charge in [-0.25, -0.2) is 0 Å². The highest BCUT2D eigenvalue weighted by Gasteiger charge is 2.16. The first-order valence-corrected chi connectivity index (χ1v) is 8.02. The predicted octanol–water partition coefficient (Wildman–Crippen LogP) is 1.13. The zero-order valence-electron chi connectivity index (χ0n) is 13.7. The third-order valence-corrected chi connectivity index (χ3v) is 4.00. The Morgan fingerprint density at radius 2 is 2.00 bits per heavy atom. The van der Waals surface area contributed by atoms with Gasteiger partial charge in [-0.2, -0.15) is 0 Å². The summed E-state index contributed by atoms with van der Waals surface area (Å²) >= 11 is 0. The molecular formula is C17H27N3O2. The fourth-order valence-electron chi connectivity index (χ4n) is 2.50. The number of amides is 1. The van der Waals surface area contributed by atoms with Crippen LogP contribution in [0.3, 0.4) is 0 Å². The minimum atomic E-state index is 0.258. The highest BCUT2D eigenvalue weighted by molar-refractivity contribution is 5.76. The molecule has 5 nitrogen and oxygen atoms in total. The normalized spacial score (nSPS) is 15.1. The molecule has 5 heteroatoms. The summed E-state index contributed by atoms with van der Waals surface area (Å²) in [5.74, 6) is 1.20. The summed E-state index contributed by atoms with van der Waals surface area (Å²) in [6.45, 7) is 7.77. The Bertz CT molecular complexity index is 473. The molecule has 1 aromatic rings. The lowest BCUT2D eigenvalue weighted by Crippen LogP contribution is -2.47. The van der Waals surface area contributed by atoms with E-state index in [4.69, 9.17) is 4.74 Å². The molecule has 1 N–H and O–H groups in total. The molecule has 0 spiro atoms. The number of benzene rings is 1. The van der Waals surface area contributed by atoms with Crippen LogP contribution < -0.4 is 10.1 Å². The first-order chi connectivity index (χ1) is 10.7. The quantitative estimate of drug-likeness (QED) is 0.820. The average molecular weight is 305 g/mol. The molecule has 1 saturated heterocycles. The number of carbonyl (C=O) groups is 1. The van der Waals surface area contributed by atoms with Gasteiger partial charge in [0.1, 0.15) is 12.4 Å². The highest BCUT2D eigenvalue weighted by Crippen LogP contribution is 2.15. The van der Waals surface area contributed by atoms with Crippen molar-refractivity contribution in [1.82, 2.24) is 15.1 Å². The molecular weight excluding hydrogens is 278 g/mol. The Morgan fingerprint density at radius 3 is 2.73 bits per heavy atom. The van der Waals surface area contributed by atoms with Gasteiger partial charge in [0.2, 0.25) is 5.91 Å². The number of ether oxygens (including phenoxy) is 1. The lowest BCUT2D eigenvalue weighted by Gasteiger charge is -2.28. The zero-order chi connectivity index (χ0) is 15.8. The number of carbonyl (C=O) groups excluding carboxylic acids is 1. The van der Waals surface area contributed by atoms with E-state index in [1.165, 1.54) is 0 Å². The van der Waals surface area contributed by atoms with Crippen LogP contribution in [-0.4, -0.2) is 68.6 Å². The number of hydrogen-bond acceptors (Lipinski definition) is 4. The van der Waals surface area contributed by atoms with Crippen molar-refractivity contribution in [2.45, 2.75) is 13.3 Å². The largest absolute Gasteiger partial charge is 0.492 e. The smallest absolute Gasteiger partial charge is 0.223 e. The standard InChI is InChI=1S/C17H27N3O2/c1-15-5-3-4-6-16(15)22-14-13-19(2)10-7-17(21)20-11-8-18-9-12-20/h3-6,18H,7-14H2,1-2H3. The minimum Gasteiger partial charge on any atom is -0.492 e. The Labute approximate surface area is 133 Å². The number of nitrogens with zero attached hydrogens (tertiary/aromatic N) is 2. The summed E-state index contributed by atoms with van der Waals surface area (Å²) < 4.78 is 5.79. The molecule has 0 aromatic heterocycles. The third kappa shape index (κ3) is 5.31. The molecule has 1 aliphatic rings. The molecule has 0 unspecified atom stereocenters. The topological polar surface area (TPSA) is 44.8 Å². The summed E-state index contributed by atoms with van der Waals surface area (Å²) in [4.78, 5) is 16.2. The second-order valence-corrected chi connectivity index (χ2v) is 5.80. The predicted molar refractivity (Wildman–Crippen MR) is 88.2 cm³/mol. The maximum absolute atomic E-state index is 12.1. The molecule has 22 heavy (non-hydrogen) atoms. The van der Waals surface area contributed by atoms with Gasteiger partial charge in [-0.15, -0.1) is 0 Å². The number of piperazine rings is 1. The molecule has 1 heterocycles. The van der Waals surface area contributed by atoms with Crippen molar-refractivity contribution in [1.29, 1.82) is 0 Å². The van der Waals surface area contributed by atoms with Crippen LogP contribution in [0.15, 0.2) is 24.3 Å². The second kappa shape index (κ2) is 8.76. The highest BCUT2D eigenvalue weighted by atomic mass is 16.5. The molecule has 0 radical (unpaired) electrons. The van der Waals surface area contributed by atoms with Crippen molar-refractivity contribution >= 4 is 5.91 Å². The fourth-order valence-corrected chi connectivity index (χ4v) is 2.50. The molecule has 1 amide bonds. The van der Waals surface area contributed by atoms with Crippen molar-refractivity contribution in [2.24, 2.45) is 0 Å². The van der Waals surface area contributed by atoms with E-state index in [9.17, 15) is 4.79 Å². The fraction of sp³-hybridized carbons (Fsp3) is 0.588. The first kappa shape index (κ1) is 16.8. The van der Waals surface area contributed by atoms with Crippen LogP contribution in [0.2, 0.25) is 0 Å². The molecule has 0 bridgehead atoms. The van der Waals surface area contributed by atoms with E-state index in [2.05, 4.69) is 10.2 Å². The van der Waals surface area contributed by atoms with E-state index in [-0.39, 0.29) is 5.91 Å². The van der Waals surface area contributed by atoms with Crippen LogP contribution in [0.4, 0.5) is 0 Å². The van der Waals surface area contributed by atoms with Gasteiger partial charge < -0.3 is 19.9 Å². The third-order valence-electron chi connectivity index (χ3n) is 4.00. The van der Waals surface area contributed by atoms with Crippen molar-refractivity contribution < 1.29 is 9.53 Å². The molecule has 1 aromatic carbocycles. The van der Waals surface area contributed by atoms with Crippen LogP contribution in [0.1, 0.15) is 12.0 Å². The zero-order valence-corrected chi connectivity index (χ0v) is 13.7. The number of likely N-dealkylation sites (N-methyl/N-ethyl adjacent to an activating group) is 1. The lowest BCUT2D eigenvalue weighted by molar-refractivity contribution is -0.132. The monoisotopic (exact) mass is 305 g/mol. The number of aryl methyl sites for hydroxylation is 1. The van der Waals surface area contributed by atoms with Gasteiger partial charge >= 0.3 is 0 Å². The van der Waals surface area contributed by atoms with Crippen molar-refractivity contribution in [3.05, 3.63) is 29.8 Å². The van der Waals surface area contributed by atoms with E-state index in [0.29, 0.717) is 13.0 Å². The number of para-hydroxylation sites is 1. The van der Waals surface area contributed by atoms with E-state index < -0.39 is 0 Å². The summed E-state index contributed by atoms with van der Waals surface area (Å²) in [6.07, 6.45) is 0.584. The van der Waals surface area contributed by atoms with Crippen LogP contribution in [0.5, 0.6) is 5.75 Å². The lowest BCUT2D eigenvalue weighted by atomic mass is 10.2. The summed E-state index contributed by atoms with van der Waals surface area (Å²) in [7, 11) is 2.03. The maximum Gasteiger partial charge on any atom is 0.223 e. The van der Waals surface area contributed by atoms with E-state index in [1.807, 2.05) is 43.1 Å². The molecule has 0 atom stereocenters. The van der Waals surface area contributed by atoms with Crippen LogP contribution >= 0.6 is 0 Å². The van der Waals surface area contributed by atoms with Gasteiger partial charge in [0.05, 0.1) is 0 Å². The van der Waals surface area contributed by atoms with E-state index in [0.717, 1.165) is 50.6 Å². The SMILES string of the molecule is Cc1ccccc1OCCN(C)CCC(=O)N1CCNCC1. The van der Waals surface area contributed by atoms with Gasteiger partial charge in [-0.05, 0) is 25.6 Å². The summed E-state index contributed by atoms with van der Waals surface area (Å²) in [5.41, 5.74) is 1.15. The average Bonchev–Trinajstić information content (AvgIpc) is 2.55. The Balaban J connectivity index is 1.62. The van der Waals surface area contributed by atoms with E-state index in [1.54, 1.807) is 0 Å².